The van der Waals surface area contributed by atoms with Gasteiger partial charge >= 0.3 is 0 Å². The second-order valence-corrected chi connectivity index (χ2v) is 6.97. The smallest absolute Gasteiger partial charge is 0.135 e. The summed E-state index contributed by atoms with van der Waals surface area (Å²) in [6.07, 6.45) is 6.79. The van der Waals surface area contributed by atoms with E-state index in [1.807, 2.05) is 24.0 Å². The summed E-state index contributed by atoms with van der Waals surface area (Å²) in [5.41, 5.74) is 3.41. The zero-order valence-electron chi connectivity index (χ0n) is 15.0. The molecule has 1 fully saturated rings. The van der Waals surface area contributed by atoms with Crippen LogP contribution in [0.4, 0.5) is 5.82 Å². The van der Waals surface area contributed by atoms with E-state index < -0.39 is 0 Å². The maximum atomic E-state index is 5.44. The van der Waals surface area contributed by atoms with E-state index in [1.165, 1.54) is 31.2 Å². The van der Waals surface area contributed by atoms with Gasteiger partial charge in [-0.25, -0.2) is 9.97 Å². The van der Waals surface area contributed by atoms with Gasteiger partial charge in [0, 0.05) is 44.9 Å². The summed E-state index contributed by atoms with van der Waals surface area (Å²) >= 11 is 0. The Hall–Kier alpha value is -1.99. The van der Waals surface area contributed by atoms with Gasteiger partial charge in [0.1, 0.15) is 11.6 Å². The van der Waals surface area contributed by atoms with Crippen LogP contribution in [-0.2, 0) is 24.9 Å². The molecule has 0 aromatic carbocycles. The molecule has 4 rings (SSSR count). The summed E-state index contributed by atoms with van der Waals surface area (Å²) in [5, 5.41) is 11.3. The van der Waals surface area contributed by atoms with Crippen molar-refractivity contribution >= 4 is 5.82 Å². The van der Waals surface area contributed by atoms with E-state index >= 15 is 0 Å². The summed E-state index contributed by atoms with van der Waals surface area (Å²) in [5.74, 6) is 2.45. The minimum Gasteiger partial charge on any atom is -0.382 e. The number of hydrogen-bond acceptors (Lipinski definition) is 6. The van der Waals surface area contributed by atoms with Crippen LogP contribution in [0, 0.1) is 0 Å². The molecule has 0 radical (unpaired) electrons. The summed E-state index contributed by atoms with van der Waals surface area (Å²) in [7, 11) is 3.68. The first kappa shape index (κ1) is 16.5. The number of ether oxygens (including phenoxy) is 1. The van der Waals surface area contributed by atoms with Crippen LogP contribution in [0.2, 0.25) is 0 Å². The van der Waals surface area contributed by atoms with Crippen molar-refractivity contribution in [3.63, 3.8) is 0 Å². The molecule has 1 atom stereocenters. The van der Waals surface area contributed by atoms with Gasteiger partial charge in [-0.15, -0.1) is 0 Å². The molecule has 0 spiro atoms. The molecule has 7 heteroatoms. The average molecular weight is 342 g/mol. The van der Waals surface area contributed by atoms with E-state index in [-0.39, 0.29) is 6.04 Å². The predicted octanol–water partition coefficient (Wildman–Crippen LogP) is 2.27. The Balaban J connectivity index is 1.67. The van der Waals surface area contributed by atoms with Crippen molar-refractivity contribution in [2.45, 2.75) is 50.7 Å². The summed E-state index contributed by atoms with van der Waals surface area (Å²) in [6, 6.07) is 2.03. The zero-order valence-corrected chi connectivity index (χ0v) is 15.0. The molecule has 134 valence electrons. The third-order valence-corrected chi connectivity index (χ3v) is 5.28. The molecule has 0 amide bonds. The van der Waals surface area contributed by atoms with Crippen LogP contribution in [0.25, 0.3) is 0 Å². The topological polar surface area (TPSA) is 76.9 Å². The van der Waals surface area contributed by atoms with Crippen LogP contribution in [-0.4, -0.2) is 33.5 Å². The van der Waals surface area contributed by atoms with Gasteiger partial charge in [-0.3, -0.25) is 4.68 Å². The first-order chi connectivity index (χ1) is 12.3. The van der Waals surface area contributed by atoms with Crippen molar-refractivity contribution in [3.05, 3.63) is 35.0 Å². The van der Waals surface area contributed by atoms with Crippen molar-refractivity contribution in [2.75, 3.05) is 19.0 Å². The number of aromatic nitrogens is 4. The second-order valence-electron chi connectivity index (χ2n) is 6.97. The lowest BCUT2D eigenvalue weighted by Gasteiger charge is -2.21. The van der Waals surface area contributed by atoms with E-state index in [9.17, 15) is 0 Å². The normalized spacial score (nSPS) is 18.5. The Morgan fingerprint density at radius 2 is 2.16 bits per heavy atom. The van der Waals surface area contributed by atoms with Crippen molar-refractivity contribution in [1.29, 1.82) is 0 Å². The highest BCUT2D eigenvalue weighted by atomic mass is 16.5. The van der Waals surface area contributed by atoms with Gasteiger partial charge in [0.05, 0.1) is 24.0 Å². The molecular weight excluding hydrogens is 316 g/mol. The molecule has 3 heterocycles. The lowest BCUT2D eigenvalue weighted by Crippen LogP contribution is -2.22. The Morgan fingerprint density at radius 3 is 2.88 bits per heavy atom. The largest absolute Gasteiger partial charge is 0.382 e. The average Bonchev–Trinajstić information content (AvgIpc) is 3.35. The van der Waals surface area contributed by atoms with Crippen LogP contribution in [0.3, 0.4) is 0 Å². The van der Waals surface area contributed by atoms with E-state index in [0.29, 0.717) is 12.5 Å². The monoisotopic (exact) mass is 342 g/mol. The minimum absolute atomic E-state index is 0.00790. The Labute approximate surface area is 148 Å². The van der Waals surface area contributed by atoms with Crippen molar-refractivity contribution in [3.8, 4) is 0 Å². The molecule has 1 aliphatic carbocycles. The van der Waals surface area contributed by atoms with Gasteiger partial charge in [-0.2, -0.15) is 5.10 Å². The summed E-state index contributed by atoms with van der Waals surface area (Å²) < 4.78 is 7.32. The van der Waals surface area contributed by atoms with Crippen LogP contribution in [0.5, 0.6) is 0 Å². The van der Waals surface area contributed by atoms with Gasteiger partial charge in [0.15, 0.2) is 0 Å². The fourth-order valence-electron chi connectivity index (χ4n) is 3.93. The number of nitrogens with one attached hydrogen (secondary N) is 2. The van der Waals surface area contributed by atoms with E-state index in [1.54, 1.807) is 7.11 Å². The Kier molecular flexibility index (Phi) is 4.67. The lowest BCUT2D eigenvalue weighted by atomic mass is 10.1. The number of rotatable bonds is 6. The van der Waals surface area contributed by atoms with Crippen LogP contribution < -0.4 is 10.6 Å². The molecule has 2 aliphatic rings. The maximum absolute atomic E-state index is 5.44. The first-order valence-electron chi connectivity index (χ1n) is 9.10. The van der Waals surface area contributed by atoms with Gasteiger partial charge in [-0.05, 0) is 18.9 Å². The fourth-order valence-corrected chi connectivity index (χ4v) is 3.93. The Morgan fingerprint density at radius 1 is 1.32 bits per heavy atom. The molecular formula is C18H26N6O. The number of nitrogens with zero attached hydrogens (tertiary/aromatic N) is 4. The number of aryl methyl sites for hydroxylation is 1. The van der Waals surface area contributed by atoms with E-state index in [4.69, 9.17) is 14.7 Å². The lowest BCUT2D eigenvalue weighted by molar-refractivity contribution is 0.184. The molecule has 7 nitrogen and oxygen atoms in total. The molecule has 2 N–H and O–H groups in total. The molecule has 2 aromatic heterocycles. The SMILES string of the molecule is COC[C@@H](Nc1nc(C2CCCC2)nc2c1CNC2)c1ccnn1C. The van der Waals surface area contributed by atoms with Crippen molar-refractivity contribution in [2.24, 2.45) is 7.05 Å². The van der Waals surface area contributed by atoms with Crippen LogP contribution in [0.15, 0.2) is 12.3 Å². The maximum Gasteiger partial charge on any atom is 0.135 e. The number of anilines is 1. The molecule has 25 heavy (non-hydrogen) atoms. The van der Waals surface area contributed by atoms with Gasteiger partial charge < -0.3 is 15.4 Å². The summed E-state index contributed by atoms with van der Waals surface area (Å²) in [6.45, 7) is 2.20. The van der Waals surface area contributed by atoms with Crippen molar-refractivity contribution < 1.29 is 4.74 Å². The zero-order chi connectivity index (χ0) is 17.2. The predicted molar refractivity (Wildman–Crippen MR) is 95.2 cm³/mol. The highest BCUT2D eigenvalue weighted by Crippen LogP contribution is 2.35. The Bertz CT molecular complexity index is 737. The number of methoxy groups -OCH3 is 1. The molecule has 0 saturated heterocycles. The highest BCUT2D eigenvalue weighted by molar-refractivity contribution is 5.50. The van der Waals surface area contributed by atoms with Crippen LogP contribution in [0.1, 0.15) is 60.4 Å². The third kappa shape index (κ3) is 3.26. The first-order valence-corrected chi connectivity index (χ1v) is 9.10. The highest BCUT2D eigenvalue weighted by Gasteiger charge is 2.26. The van der Waals surface area contributed by atoms with Gasteiger partial charge in [0.25, 0.3) is 0 Å². The molecule has 1 aliphatic heterocycles. The van der Waals surface area contributed by atoms with Gasteiger partial charge in [-0.1, -0.05) is 12.8 Å². The van der Waals surface area contributed by atoms with E-state index in [0.717, 1.165) is 36.1 Å². The number of hydrogen-bond donors (Lipinski definition) is 2. The molecule has 0 unspecified atom stereocenters. The quantitative estimate of drug-likeness (QED) is 0.839. The van der Waals surface area contributed by atoms with Gasteiger partial charge in [0.2, 0.25) is 0 Å². The standard InChI is InChI=1S/C18H26N6O/c1-24-16(7-8-20-24)15(11-25-2)22-18-13-9-19-10-14(13)21-17(23-18)12-5-3-4-6-12/h7-8,12,15,19H,3-6,9-11H2,1-2H3,(H,21,22,23)/t15-/m1/s1. The van der Waals surface area contributed by atoms with Crippen molar-refractivity contribution in [1.82, 2.24) is 25.1 Å². The van der Waals surface area contributed by atoms with E-state index in [2.05, 4.69) is 15.7 Å². The summed E-state index contributed by atoms with van der Waals surface area (Å²) in [4.78, 5) is 9.81. The third-order valence-electron chi connectivity index (χ3n) is 5.28. The molecule has 1 saturated carbocycles. The number of fused-ring (bicyclic) bond motifs is 1. The molecule has 0 bridgehead atoms. The minimum atomic E-state index is 0.00790. The fraction of sp³-hybridized carbons (Fsp3) is 0.611. The molecule has 2 aromatic rings. The van der Waals surface area contributed by atoms with Crippen LogP contribution >= 0.6 is 0 Å². The second kappa shape index (κ2) is 7.09.